The van der Waals surface area contributed by atoms with Crippen LogP contribution in [0.4, 0.5) is 4.39 Å². The fraction of sp³-hybridized carbons (Fsp3) is 0.167. The van der Waals surface area contributed by atoms with Crippen LogP contribution in [0.15, 0.2) is 30.5 Å². The number of esters is 2. The number of halogens is 1. The van der Waals surface area contributed by atoms with Crippen LogP contribution in [0.3, 0.4) is 0 Å². The van der Waals surface area contributed by atoms with E-state index in [1.54, 1.807) is 0 Å². The van der Waals surface area contributed by atoms with Gasteiger partial charge in [0, 0.05) is 19.4 Å². The van der Waals surface area contributed by atoms with Gasteiger partial charge in [-0.3, -0.25) is 9.59 Å². The van der Waals surface area contributed by atoms with Gasteiger partial charge in [0.25, 0.3) is 0 Å². The quantitative estimate of drug-likeness (QED) is 0.598. The standard InChI is InChI=1S/C12H11FO4/c1-8(14)16-7-12(17-9(2)15)10-3-5-11(13)6-4-10/h3-7H,1-2H3/b12-7-. The summed E-state index contributed by atoms with van der Waals surface area (Å²) in [5.74, 6) is -1.47. The molecular formula is C12H11FO4. The third-order valence-electron chi connectivity index (χ3n) is 1.71. The molecule has 0 radical (unpaired) electrons. The largest absolute Gasteiger partial charge is 0.431 e. The Morgan fingerprint density at radius 3 is 2.18 bits per heavy atom. The van der Waals surface area contributed by atoms with Gasteiger partial charge in [-0.15, -0.1) is 0 Å². The first-order valence-corrected chi connectivity index (χ1v) is 4.81. The molecular weight excluding hydrogens is 227 g/mol. The van der Waals surface area contributed by atoms with Gasteiger partial charge in [-0.2, -0.15) is 0 Å². The van der Waals surface area contributed by atoms with Crippen LogP contribution in [0.5, 0.6) is 0 Å². The maximum absolute atomic E-state index is 12.7. The molecule has 0 bridgehead atoms. The molecule has 0 N–H and O–H groups in total. The van der Waals surface area contributed by atoms with Gasteiger partial charge in [-0.1, -0.05) is 0 Å². The van der Waals surface area contributed by atoms with Gasteiger partial charge in [-0.25, -0.2) is 4.39 Å². The van der Waals surface area contributed by atoms with Crippen molar-refractivity contribution in [3.63, 3.8) is 0 Å². The molecule has 0 amide bonds. The van der Waals surface area contributed by atoms with Crippen LogP contribution >= 0.6 is 0 Å². The molecule has 1 aromatic rings. The van der Waals surface area contributed by atoms with E-state index in [0.29, 0.717) is 5.56 Å². The normalized spacial score (nSPS) is 10.9. The molecule has 1 aromatic carbocycles. The Balaban J connectivity index is 2.96. The molecule has 17 heavy (non-hydrogen) atoms. The van der Waals surface area contributed by atoms with Crippen molar-refractivity contribution >= 4 is 17.7 Å². The Morgan fingerprint density at radius 1 is 1.12 bits per heavy atom. The molecule has 0 saturated carbocycles. The highest BCUT2D eigenvalue weighted by molar-refractivity contribution is 5.76. The van der Waals surface area contributed by atoms with Crippen LogP contribution in [0, 0.1) is 5.82 Å². The molecule has 1 rings (SSSR count). The fourth-order valence-corrected chi connectivity index (χ4v) is 1.06. The van der Waals surface area contributed by atoms with Gasteiger partial charge in [0.1, 0.15) is 12.1 Å². The number of carbonyl (C=O) groups excluding carboxylic acids is 2. The van der Waals surface area contributed by atoms with Crippen molar-refractivity contribution in [1.82, 2.24) is 0 Å². The van der Waals surface area contributed by atoms with Crippen molar-refractivity contribution in [2.24, 2.45) is 0 Å². The van der Waals surface area contributed by atoms with Gasteiger partial charge < -0.3 is 9.47 Å². The lowest BCUT2D eigenvalue weighted by molar-refractivity contribution is -0.137. The molecule has 4 nitrogen and oxygen atoms in total. The van der Waals surface area contributed by atoms with Crippen molar-refractivity contribution in [2.75, 3.05) is 0 Å². The minimum atomic E-state index is -0.562. The predicted octanol–water partition coefficient (Wildman–Crippen LogP) is 2.25. The molecule has 0 aliphatic rings. The van der Waals surface area contributed by atoms with Crippen molar-refractivity contribution in [1.29, 1.82) is 0 Å². The number of ether oxygens (including phenoxy) is 2. The lowest BCUT2D eigenvalue weighted by Crippen LogP contribution is -2.01. The Bertz CT molecular complexity index is 448. The molecule has 0 aliphatic carbocycles. The van der Waals surface area contributed by atoms with E-state index >= 15 is 0 Å². The van der Waals surface area contributed by atoms with Crippen LogP contribution in [0.2, 0.25) is 0 Å². The van der Waals surface area contributed by atoms with Crippen LogP contribution in [-0.4, -0.2) is 11.9 Å². The van der Waals surface area contributed by atoms with E-state index in [2.05, 4.69) is 4.74 Å². The molecule has 90 valence electrons. The topological polar surface area (TPSA) is 52.6 Å². The molecule has 0 atom stereocenters. The molecule has 0 aromatic heterocycles. The number of benzene rings is 1. The average molecular weight is 238 g/mol. The third-order valence-corrected chi connectivity index (χ3v) is 1.71. The van der Waals surface area contributed by atoms with Crippen LogP contribution in [-0.2, 0) is 19.1 Å². The summed E-state index contributed by atoms with van der Waals surface area (Å²) in [5.41, 5.74) is 0.433. The number of carbonyl (C=O) groups is 2. The minimum absolute atomic E-state index is 0.0488. The van der Waals surface area contributed by atoms with Crippen LogP contribution < -0.4 is 0 Å². The Labute approximate surface area is 97.6 Å². The lowest BCUT2D eigenvalue weighted by atomic mass is 10.2. The van der Waals surface area contributed by atoms with E-state index in [1.807, 2.05) is 0 Å². The summed E-state index contributed by atoms with van der Waals surface area (Å²) >= 11 is 0. The van der Waals surface area contributed by atoms with E-state index in [-0.39, 0.29) is 5.76 Å². The summed E-state index contributed by atoms with van der Waals surface area (Å²) in [6, 6.07) is 5.24. The predicted molar refractivity (Wildman–Crippen MR) is 57.9 cm³/mol. The Morgan fingerprint density at radius 2 is 1.71 bits per heavy atom. The van der Waals surface area contributed by atoms with Crippen LogP contribution in [0.1, 0.15) is 19.4 Å². The van der Waals surface area contributed by atoms with Crippen molar-refractivity contribution in [3.05, 3.63) is 41.9 Å². The zero-order valence-corrected chi connectivity index (χ0v) is 9.40. The molecule has 0 unspecified atom stereocenters. The van der Waals surface area contributed by atoms with E-state index < -0.39 is 17.8 Å². The summed E-state index contributed by atoms with van der Waals surface area (Å²) in [5, 5.41) is 0. The summed E-state index contributed by atoms with van der Waals surface area (Å²) in [6.07, 6.45) is 1.01. The van der Waals surface area contributed by atoms with Gasteiger partial charge in [-0.05, 0) is 24.3 Å². The summed E-state index contributed by atoms with van der Waals surface area (Å²) in [6.45, 7) is 2.43. The minimum Gasteiger partial charge on any atom is -0.431 e. The van der Waals surface area contributed by atoms with Crippen molar-refractivity contribution in [3.8, 4) is 0 Å². The number of rotatable bonds is 3. The zero-order valence-electron chi connectivity index (χ0n) is 9.40. The molecule has 0 heterocycles. The van der Waals surface area contributed by atoms with E-state index in [4.69, 9.17) is 4.74 Å². The summed E-state index contributed by atoms with van der Waals surface area (Å²) < 4.78 is 22.2. The highest BCUT2D eigenvalue weighted by Crippen LogP contribution is 2.16. The van der Waals surface area contributed by atoms with Crippen molar-refractivity contribution < 1.29 is 23.5 Å². The van der Waals surface area contributed by atoms with Crippen LogP contribution in [0.25, 0.3) is 5.76 Å². The molecule has 5 heteroatoms. The maximum Gasteiger partial charge on any atom is 0.308 e. The number of hydrogen-bond acceptors (Lipinski definition) is 4. The molecule has 0 spiro atoms. The first-order valence-electron chi connectivity index (χ1n) is 4.81. The third kappa shape index (κ3) is 4.46. The Hall–Kier alpha value is -2.17. The lowest BCUT2D eigenvalue weighted by Gasteiger charge is -2.06. The van der Waals surface area contributed by atoms with Gasteiger partial charge in [0.2, 0.25) is 0 Å². The molecule has 0 fully saturated rings. The summed E-state index contributed by atoms with van der Waals surface area (Å²) in [4.78, 5) is 21.5. The monoisotopic (exact) mass is 238 g/mol. The first-order chi connectivity index (χ1) is 7.99. The van der Waals surface area contributed by atoms with Gasteiger partial charge in [0.05, 0.1) is 0 Å². The highest BCUT2D eigenvalue weighted by atomic mass is 19.1. The smallest absolute Gasteiger partial charge is 0.308 e. The first kappa shape index (κ1) is 12.9. The van der Waals surface area contributed by atoms with Gasteiger partial charge in [0.15, 0.2) is 5.76 Å². The highest BCUT2D eigenvalue weighted by Gasteiger charge is 2.07. The van der Waals surface area contributed by atoms with Crippen molar-refractivity contribution in [2.45, 2.75) is 13.8 Å². The summed E-state index contributed by atoms with van der Waals surface area (Å²) in [7, 11) is 0. The van der Waals surface area contributed by atoms with E-state index in [9.17, 15) is 14.0 Å². The SMILES string of the molecule is CC(=O)O/C=C(\OC(C)=O)c1ccc(F)cc1. The average Bonchev–Trinajstić information content (AvgIpc) is 2.25. The maximum atomic E-state index is 12.7. The Kier molecular flexibility index (Phi) is 4.39. The fourth-order valence-electron chi connectivity index (χ4n) is 1.06. The second-order valence-corrected chi connectivity index (χ2v) is 3.19. The molecule has 0 saturated heterocycles. The second-order valence-electron chi connectivity index (χ2n) is 3.19. The van der Waals surface area contributed by atoms with E-state index in [0.717, 1.165) is 6.26 Å². The zero-order chi connectivity index (χ0) is 12.8. The second kappa shape index (κ2) is 5.79. The molecule has 0 aliphatic heterocycles. The van der Waals surface area contributed by atoms with Gasteiger partial charge >= 0.3 is 11.9 Å². The van der Waals surface area contributed by atoms with E-state index in [1.165, 1.54) is 38.1 Å². The number of hydrogen-bond donors (Lipinski definition) is 0.